The van der Waals surface area contributed by atoms with E-state index in [1.165, 1.54) is 29.9 Å². The highest BCUT2D eigenvalue weighted by molar-refractivity contribution is 5.92. The van der Waals surface area contributed by atoms with E-state index in [9.17, 15) is 9.59 Å². The van der Waals surface area contributed by atoms with Crippen molar-refractivity contribution in [2.45, 2.75) is 50.5 Å². The zero-order chi connectivity index (χ0) is 18.1. The monoisotopic (exact) mass is 356 g/mol. The summed E-state index contributed by atoms with van der Waals surface area (Å²) in [7, 11) is 1.73. The molecule has 1 aliphatic heterocycles. The van der Waals surface area contributed by atoms with E-state index in [0.29, 0.717) is 18.8 Å². The van der Waals surface area contributed by atoms with Crippen LogP contribution >= 0.6 is 0 Å². The second kappa shape index (κ2) is 7.01. The molecule has 1 aliphatic carbocycles. The van der Waals surface area contributed by atoms with Crippen LogP contribution in [0.2, 0.25) is 0 Å². The summed E-state index contributed by atoms with van der Waals surface area (Å²) in [6, 6.07) is 0.283. The van der Waals surface area contributed by atoms with Crippen molar-refractivity contribution in [3.05, 3.63) is 40.6 Å². The SMILES string of the molecule is Cn1nc(C2CCN(C(=O)c3cnccn3)CC2)n(C2CCCC2)c1=O. The smallest absolute Gasteiger partial charge is 0.337 e. The maximum Gasteiger partial charge on any atom is 0.345 e. The molecule has 0 unspecified atom stereocenters. The topological polar surface area (TPSA) is 85.9 Å². The first-order valence-corrected chi connectivity index (χ1v) is 9.36. The highest BCUT2D eigenvalue weighted by Crippen LogP contribution is 2.33. The van der Waals surface area contributed by atoms with Crippen LogP contribution in [0.5, 0.6) is 0 Å². The molecule has 2 fully saturated rings. The van der Waals surface area contributed by atoms with Gasteiger partial charge in [0.2, 0.25) is 0 Å². The van der Waals surface area contributed by atoms with Gasteiger partial charge in [0.15, 0.2) is 0 Å². The molecule has 2 aromatic rings. The van der Waals surface area contributed by atoms with Crippen LogP contribution in [-0.4, -0.2) is 48.2 Å². The fourth-order valence-electron chi connectivity index (χ4n) is 4.19. The molecule has 1 saturated heterocycles. The van der Waals surface area contributed by atoms with E-state index in [0.717, 1.165) is 31.5 Å². The summed E-state index contributed by atoms with van der Waals surface area (Å²) in [4.78, 5) is 35.0. The third-order valence-corrected chi connectivity index (χ3v) is 5.60. The number of amides is 1. The van der Waals surface area contributed by atoms with Gasteiger partial charge in [0.25, 0.3) is 5.91 Å². The standard InChI is InChI=1S/C18H24N6O2/c1-22-18(26)24(14-4-2-3-5-14)16(21-22)13-6-10-23(11-7-13)17(25)15-12-19-8-9-20-15/h8-9,12-14H,2-7,10-11H2,1H3. The van der Waals surface area contributed by atoms with Crippen molar-refractivity contribution < 1.29 is 4.79 Å². The highest BCUT2D eigenvalue weighted by atomic mass is 16.2. The predicted octanol–water partition coefficient (Wildman–Crippen LogP) is 1.51. The molecule has 26 heavy (non-hydrogen) atoms. The zero-order valence-corrected chi connectivity index (χ0v) is 15.0. The molecule has 1 amide bonds. The lowest BCUT2D eigenvalue weighted by Gasteiger charge is -2.31. The Bertz CT molecular complexity index is 829. The molecule has 0 radical (unpaired) electrons. The molecular formula is C18H24N6O2. The summed E-state index contributed by atoms with van der Waals surface area (Å²) in [5, 5.41) is 4.55. The van der Waals surface area contributed by atoms with Crippen molar-refractivity contribution in [2.24, 2.45) is 7.05 Å². The summed E-state index contributed by atoms with van der Waals surface area (Å²) < 4.78 is 3.39. The van der Waals surface area contributed by atoms with E-state index >= 15 is 0 Å². The fourth-order valence-corrected chi connectivity index (χ4v) is 4.19. The van der Waals surface area contributed by atoms with Gasteiger partial charge < -0.3 is 4.90 Å². The maximum atomic E-state index is 12.6. The van der Waals surface area contributed by atoms with E-state index in [4.69, 9.17) is 0 Å². The van der Waals surface area contributed by atoms with Crippen molar-refractivity contribution >= 4 is 5.91 Å². The lowest BCUT2D eigenvalue weighted by molar-refractivity contribution is 0.0703. The lowest BCUT2D eigenvalue weighted by atomic mass is 9.95. The maximum absolute atomic E-state index is 12.6. The molecule has 138 valence electrons. The van der Waals surface area contributed by atoms with Crippen molar-refractivity contribution in [3.63, 3.8) is 0 Å². The number of aryl methyl sites for hydroxylation is 1. The summed E-state index contributed by atoms with van der Waals surface area (Å²) in [5.74, 6) is 1.04. The van der Waals surface area contributed by atoms with Gasteiger partial charge >= 0.3 is 5.69 Å². The predicted molar refractivity (Wildman–Crippen MR) is 94.9 cm³/mol. The van der Waals surface area contributed by atoms with E-state index in [2.05, 4.69) is 15.1 Å². The number of piperidine rings is 1. The number of carbonyl (C=O) groups is 1. The second-order valence-corrected chi connectivity index (χ2v) is 7.23. The Morgan fingerprint density at radius 2 is 1.85 bits per heavy atom. The van der Waals surface area contributed by atoms with Crippen LogP contribution in [0, 0.1) is 0 Å². The molecule has 2 aromatic heterocycles. The third kappa shape index (κ3) is 3.04. The van der Waals surface area contributed by atoms with Gasteiger partial charge in [0, 0.05) is 44.5 Å². The van der Waals surface area contributed by atoms with Crippen molar-refractivity contribution in [3.8, 4) is 0 Å². The van der Waals surface area contributed by atoms with Crippen LogP contribution in [0.25, 0.3) is 0 Å². The van der Waals surface area contributed by atoms with Gasteiger partial charge in [-0.25, -0.2) is 14.5 Å². The number of hydrogen-bond donors (Lipinski definition) is 0. The fraction of sp³-hybridized carbons (Fsp3) is 0.611. The first-order chi connectivity index (χ1) is 12.6. The third-order valence-electron chi connectivity index (χ3n) is 5.60. The average Bonchev–Trinajstić information content (AvgIpc) is 3.31. The lowest BCUT2D eigenvalue weighted by Crippen LogP contribution is -2.39. The molecule has 8 nitrogen and oxygen atoms in total. The number of carbonyl (C=O) groups excluding carboxylic acids is 1. The van der Waals surface area contributed by atoms with E-state index in [-0.39, 0.29) is 23.6 Å². The number of likely N-dealkylation sites (tertiary alicyclic amines) is 1. The van der Waals surface area contributed by atoms with Gasteiger partial charge in [0.05, 0.1) is 6.20 Å². The Labute approximate surface area is 151 Å². The Kier molecular flexibility index (Phi) is 4.57. The number of hydrogen-bond acceptors (Lipinski definition) is 5. The summed E-state index contributed by atoms with van der Waals surface area (Å²) in [6.45, 7) is 1.30. The number of aromatic nitrogens is 5. The number of nitrogens with zero attached hydrogens (tertiary/aromatic N) is 6. The van der Waals surface area contributed by atoms with Crippen LogP contribution in [0.4, 0.5) is 0 Å². The molecular weight excluding hydrogens is 332 g/mol. The van der Waals surface area contributed by atoms with Gasteiger partial charge in [-0.3, -0.25) is 14.3 Å². The molecule has 0 atom stereocenters. The molecule has 0 spiro atoms. The van der Waals surface area contributed by atoms with Crippen LogP contribution in [0.3, 0.4) is 0 Å². The molecule has 0 N–H and O–H groups in total. The molecule has 0 aromatic carbocycles. The van der Waals surface area contributed by atoms with Gasteiger partial charge in [0.1, 0.15) is 11.5 Å². The molecule has 1 saturated carbocycles. The first kappa shape index (κ1) is 16.9. The van der Waals surface area contributed by atoms with Gasteiger partial charge in [-0.2, -0.15) is 5.10 Å². The van der Waals surface area contributed by atoms with Crippen LogP contribution in [-0.2, 0) is 7.05 Å². The normalized spacial score (nSPS) is 19.2. The van der Waals surface area contributed by atoms with Crippen LogP contribution in [0.1, 0.15) is 66.8 Å². The largest absolute Gasteiger partial charge is 0.345 e. The van der Waals surface area contributed by atoms with Crippen molar-refractivity contribution in [2.75, 3.05) is 13.1 Å². The Morgan fingerprint density at radius 3 is 2.50 bits per heavy atom. The summed E-state index contributed by atoms with van der Waals surface area (Å²) in [5.41, 5.74) is 0.372. The first-order valence-electron chi connectivity index (χ1n) is 9.36. The highest BCUT2D eigenvalue weighted by Gasteiger charge is 2.31. The van der Waals surface area contributed by atoms with E-state index < -0.39 is 0 Å². The Morgan fingerprint density at radius 1 is 1.12 bits per heavy atom. The van der Waals surface area contributed by atoms with E-state index in [1.807, 2.05) is 9.47 Å². The van der Waals surface area contributed by atoms with Gasteiger partial charge in [-0.1, -0.05) is 12.8 Å². The minimum atomic E-state index is -0.0780. The second-order valence-electron chi connectivity index (χ2n) is 7.23. The van der Waals surface area contributed by atoms with Gasteiger partial charge in [-0.15, -0.1) is 0 Å². The Hall–Kier alpha value is -2.51. The molecule has 2 aliphatic rings. The summed E-state index contributed by atoms with van der Waals surface area (Å²) >= 11 is 0. The minimum Gasteiger partial charge on any atom is -0.337 e. The van der Waals surface area contributed by atoms with Gasteiger partial charge in [-0.05, 0) is 25.7 Å². The zero-order valence-electron chi connectivity index (χ0n) is 15.0. The summed E-state index contributed by atoms with van der Waals surface area (Å²) in [6.07, 6.45) is 10.7. The molecule has 0 bridgehead atoms. The molecule has 4 rings (SSSR count). The number of rotatable bonds is 3. The average molecular weight is 356 g/mol. The van der Waals surface area contributed by atoms with Crippen molar-refractivity contribution in [1.82, 2.24) is 29.2 Å². The quantitative estimate of drug-likeness (QED) is 0.832. The Balaban J connectivity index is 1.49. The molecule has 8 heteroatoms. The van der Waals surface area contributed by atoms with Crippen molar-refractivity contribution in [1.29, 1.82) is 0 Å². The van der Waals surface area contributed by atoms with Crippen LogP contribution < -0.4 is 5.69 Å². The molecule has 3 heterocycles. The minimum absolute atomic E-state index is 0.00929. The van der Waals surface area contributed by atoms with E-state index in [1.54, 1.807) is 13.2 Å². The van der Waals surface area contributed by atoms with Crippen LogP contribution in [0.15, 0.2) is 23.4 Å².